The molecule has 114 valence electrons. The molecule has 1 aromatic rings. The number of benzene rings is 1. The number of nitrogens with one attached hydrogen (secondary N) is 2. The fourth-order valence-corrected chi connectivity index (χ4v) is 4.02. The molecule has 0 bridgehead atoms. The zero-order valence-electron chi connectivity index (χ0n) is 11.8. The number of rotatable bonds is 3. The molecule has 2 aliphatic rings. The maximum Gasteiger partial charge on any atom is 0.265 e. The molecule has 0 spiro atoms. The van der Waals surface area contributed by atoms with Gasteiger partial charge in [0, 0.05) is 6.04 Å². The summed E-state index contributed by atoms with van der Waals surface area (Å²) >= 11 is 0. The highest BCUT2D eigenvalue weighted by molar-refractivity contribution is 7.89. The summed E-state index contributed by atoms with van der Waals surface area (Å²) < 4.78 is 32.8. The summed E-state index contributed by atoms with van der Waals surface area (Å²) in [6.45, 7) is 1.64. The number of fused-ring (bicyclic) bond motifs is 1. The Morgan fingerprint density at radius 2 is 2.00 bits per heavy atom. The zero-order valence-corrected chi connectivity index (χ0v) is 12.6. The van der Waals surface area contributed by atoms with Crippen molar-refractivity contribution in [3.05, 3.63) is 18.2 Å². The van der Waals surface area contributed by atoms with Gasteiger partial charge in [0.05, 0.1) is 10.6 Å². The van der Waals surface area contributed by atoms with Gasteiger partial charge < -0.3 is 10.1 Å². The second-order valence-electron chi connectivity index (χ2n) is 5.51. The number of hydrogen-bond donors (Lipinski definition) is 2. The normalized spacial score (nSPS) is 22.5. The summed E-state index contributed by atoms with van der Waals surface area (Å²) in [5.74, 6) is 0.211. The minimum atomic E-state index is -3.57. The Labute approximate surface area is 123 Å². The SMILES string of the molecule is CC1Oc2ccc(S(=O)(=O)NC3CCCC3)cc2NC1=O. The van der Waals surface area contributed by atoms with Crippen molar-refractivity contribution in [3.63, 3.8) is 0 Å². The van der Waals surface area contributed by atoms with Gasteiger partial charge >= 0.3 is 0 Å². The second kappa shape index (κ2) is 5.31. The molecule has 6 nitrogen and oxygen atoms in total. The average molecular weight is 310 g/mol. The van der Waals surface area contributed by atoms with Gasteiger partial charge in [0.15, 0.2) is 6.10 Å². The highest BCUT2D eigenvalue weighted by Gasteiger charge is 2.27. The van der Waals surface area contributed by atoms with Crippen molar-refractivity contribution < 1.29 is 17.9 Å². The monoisotopic (exact) mass is 310 g/mol. The Hall–Kier alpha value is -1.60. The molecular weight excluding hydrogens is 292 g/mol. The first-order valence-electron chi connectivity index (χ1n) is 7.09. The van der Waals surface area contributed by atoms with Crippen LogP contribution in [0.25, 0.3) is 0 Å². The van der Waals surface area contributed by atoms with E-state index >= 15 is 0 Å². The van der Waals surface area contributed by atoms with Crippen LogP contribution in [0.1, 0.15) is 32.6 Å². The third-order valence-corrected chi connectivity index (χ3v) is 5.39. The van der Waals surface area contributed by atoms with Crippen LogP contribution >= 0.6 is 0 Å². The van der Waals surface area contributed by atoms with Gasteiger partial charge in [-0.05, 0) is 38.0 Å². The van der Waals surface area contributed by atoms with Crippen molar-refractivity contribution >= 4 is 21.6 Å². The third-order valence-electron chi connectivity index (χ3n) is 3.87. The van der Waals surface area contributed by atoms with Gasteiger partial charge in [0.2, 0.25) is 10.0 Å². The van der Waals surface area contributed by atoms with Crippen LogP contribution in [-0.2, 0) is 14.8 Å². The number of amides is 1. The molecule has 1 saturated carbocycles. The molecule has 1 fully saturated rings. The maximum absolute atomic E-state index is 12.4. The molecule has 3 rings (SSSR count). The number of hydrogen-bond acceptors (Lipinski definition) is 4. The molecule has 1 aromatic carbocycles. The quantitative estimate of drug-likeness (QED) is 0.888. The minimum Gasteiger partial charge on any atom is -0.479 e. The van der Waals surface area contributed by atoms with E-state index in [1.165, 1.54) is 12.1 Å². The zero-order chi connectivity index (χ0) is 15.0. The van der Waals surface area contributed by atoms with Crippen molar-refractivity contribution in [2.24, 2.45) is 0 Å². The molecule has 1 atom stereocenters. The van der Waals surface area contributed by atoms with Crippen LogP contribution in [0.4, 0.5) is 5.69 Å². The van der Waals surface area contributed by atoms with E-state index in [1.807, 2.05) is 0 Å². The number of carbonyl (C=O) groups is 1. The van der Waals surface area contributed by atoms with Gasteiger partial charge in [0.25, 0.3) is 5.91 Å². The molecule has 1 aliphatic heterocycles. The first-order chi connectivity index (χ1) is 9.95. The van der Waals surface area contributed by atoms with E-state index < -0.39 is 16.1 Å². The van der Waals surface area contributed by atoms with Crippen LogP contribution in [0.3, 0.4) is 0 Å². The Balaban J connectivity index is 1.86. The van der Waals surface area contributed by atoms with E-state index in [2.05, 4.69) is 10.0 Å². The van der Waals surface area contributed by atoms with E-state index in [0.29, 0.717) is 11.4 Å². The average Bonchev–Trinajstić information content (AvgIpc) is 2.91. The fraction of sp³-hybridized carbons (Fsp3) is 0.500. The van der Waals surface area contributed by atoms with Crippen molar-refractivity contribution in [2.75, 3.05) is 5.32 Å². The lowest BCUT2D eigenvalue weighted by Crippen LogP contribution is -2.35. The standard InChI is InChI=1S/C14H18N2O4S/c1-9-14(17)15-12-8-11(6-7-13(12)20-9)21(18,19)16-10-4-2-3-5-10/h6-10,16H,2-5H2,1H3,(H,15,17). The molecule has 0 aromatic heterocycles. The van der Waals surface area contributed by atoms with E-state index in [9.17, 15) is 13.2 Å². The maximum atomic E-state index is 12.4. The summed E-state index contributed by atoms with van der Waals surface area (Å²) in [7, 11) is -3.57. The van der Waals surface area contributed by atoms with E-state index in [4.69, 9.17) is 4.74 Å². The van der Waals surface area contributed by atoms with E-state index in [0.717, 1.165) is 25.7 Å². The highest BCUT2D eigenvalue weighted by Crippen LogP contribution is 2.32. The molecule has 1 unspecified atom stereocenters. The molecule has 2 N–H and O–H groups in total. The van der Waals surface area contributed by atoms with Gasteiger partial charge in [-0.25, -0.2) is 13.1 Å². The third kappa shape index (κ3) is 2.89. The molecule has 0 saturated heterocycles. The molecule has 7 heteroatoms. The smallest absolute Gasteiger partial charge is 0.265 e. The lowest BCUT2D eigenvalue weighted by atomic mass is 10.2. The Morgan fingerprint density at radius 1 is 1.29 bits per heavy atom. The summed E-state index contributed by atoms with van der Waals surface area (Å²) in [4.78, 5) is 11.7. The van der Waals surface area contributed by atoms with Crippen molar-refractivity contribution in [1.29, 1.82) is 0 Å². The minimum absolute atomic E-state index is 0.0110. The Morgan fingerprint density at radius 3 is 2.71 bits per heavy atom. The van der Waals surface area contributed by atoms with Gasteiger partial charge in [-0.3, -0.25) is 4.79 Å². The molecule has 21 heavy (non-hydrogen) atoms. The molecule has 1 aliphatic carbocycles. The van der Waals surface area contributed by atoms with Gasteiger partial charge in [-0.2, -0.15) is 0 Å². The number of ether oxygens (including phenoxy) is 1. The Kier molecular flexibility index (Phi) is 3.62. The van der Waals surface area contributed by atoms with E-state index in [1.54, 1.807) is 13.0 Å². The second-order valence-corrected chi connectivity index (χ2v) is 7.22. The van der Waals surface area contributed by atoms with Gasteiger partial charge in [0.1, 0.15) is 5.75 Å². The highest BCUT2D eigenvalue weighted by atomic mass is 32.2. The van der Waals surface area contributed by atoms with Crippen LogP contribution in [0, 0.1) is 0 Å². The van der Waals surface area contributed by atoms with Crippen LogP contribution in [0.5, 0.6) is 5.75 Å². The lowest BCUT2D eigenvalue weighted by molar-refractivity contribution is -0.122. The predicted molar refractivity (Wildman–Crippen MR) is 77.7 cm³/mol. The fourth-order valence-electron chi connectivity index (χ4n) is 2.69. The molecule has 1 amide bonds. The number of sulfonamides is 1. The van der Waals surface area contributed by atoms with E-state index in [-0.39, 0.29) is 16.8 Å². The van der Waals surface area contributed by atoms with Gasteiger partial charge in [-0.15, -0.1) is 0 Å². The van der Waals surface area contributed by atoms with Crippen LogP contribution in [0.2, 0.25) is 0 Å². The largest absolute Gasteiger partial charge is 0.479 e. The predicted octanol–water partition coefficient (Wildman–Crippen LogP) is 1.63. The first-order valence-corrected chi connectivity index (χ1v) is 8.58. The van der Waals surface area contributed by atoms with Crippen molar-refractivity contribution in [3.8, 4) is 5.75 Å². The topological polar surface area (TPSA) is 84.5 Å². The summed E-state index contributed by atoms with van der Waals surface area (Å²) in [5, 5.41) is 2.66. The number of carbonyl (C=O) groups excluding carboxylic acids is 1. The lowest BCUT2D eigenvalue weighted by Gasteiger charge is -2.23. The van der Waals surface area contributed by atoms with Crippen LogP contribution in [-0.4, -0.2) is 26.5 Å². The molecule has 1 heterocycles. The summed E-state index contributed by atoms with van der Waals surface area (Å²) in [6.07, 6.45) is 3.29. The summed E-state index contributed by atoms with van der Waals surface area (Å²) in [5.41, 5.74) is 0.396. The van der Waals surface area contributed by atoms with Gasteiger partial charge in [-0.1, -0.05) is 12.8 Å². The van der Waals surface area contributed by atoms with Crippen LogP contribution < -0.4 is 14.8 Å². The van der Waals surface area contributed by atoms with Crippen LogP contribution in [0.15, 0.2) is 23.1 Å². The Bertz CT molecular complexity index is 666. The van der Waals surface area contributed by atoms with Crippen molar-refractivity contribution in [1.82, 2.24) is 4.72 Å². The molecule has 0 radical (unpaired) electrons. The molecular formula is C14H18N2O4S. The first kappa shape index (κ1) is 14.3. The number of anilines is 1. The summed E-state index contributed by atoms with van der Waals surface area (Å²) in [6, 6.07) is 4.53. The van der Waals surface area contributed by atoms with Crippen molar-refractivity contribution in [2.45, 2.75) is 49.6 Å².